The molecule has 4 aromatic carbocycles. The Morgan fingerprint density at radius 1 is 0.574 bits per heavy atom. The average molecular weight is 696 g/mol. The summed E-state index contributed by atoms with van der Waals surface area (Å²) in [6.45, 7) is 0. The summed E-state index contributed by atoms with van der Waals surface area (Å²) >= 11 is 12.7. The molecule has 2 fully saturated rings. The van der Waals surface area contributed by atoms with Crippen LogP contribution in [0.2, 0.25) is 10.0 Å². The van der Waals surface area contributed by atoms with Crippen molar-refractivity contribution >= 4 is 23.2 Å². The van der Waals surface area contributed by atoms with Crippen molar-refractivity contribution < 1.29 is 36.2 Å². The van der Waals surface area contributed by atoms with Gasteiger partial charge in [-0.3, -0.25) is 0 Å². The van der Waals surface area contributed by atoms with E-state index < -0.39 is 40.1 Å². The van der Waals surface area contributed by atoms with Crippen LogP contribution in [0.3, 0.4) is 0 Å². The van der Waals surface area contributed by atoms with E-state index in [2.05, 4.69) is 0 Å². The second kappa shape index (κ2) is 13.6. The topological polar surface area (TPSA) is 29.5 Å². The van der Waals surface area contributed by atoms with Crippen molar-refractivity contribution in [1.29, 1.82) is 0 Å². The van der Waals surface area contributed by atoms with Gasteiger partial charge in [-0.2, -0.15) is 0 Å². The van der Waals surface area contributed by atoms with Crippen LogP contribution in [0, 0.1) is 11.6 Å². The number of hydrogen-bond acceptors (Lipinski definition) is 2. The van der Waals surface area contributed by atoms with Crippen LogP contribution in [-0.2, 0) is 10.8 Å². The van der Waals surface area contributed by atoms with Crippen molar-refractivity contribution in [2.24, 2.45) is 0 Å². The third-order valence-electron chi connectivity index (χ3n) is 9.65. The minimum atomic E-state index is -2.71. The fraction of sp³-hybridized carbons (Fsp3) is 0.351. The molecule has 0 spiro atoms. The highest BCUT2D eigenvalue weighted by atomic mass is 35.5. The maximum absolute atomic E-state index is 14.2. The maximum atomic E-state index is 14.2. The number of methoxy groups -OCH3 is 1. The van der Waals surface area contributed by atoms with E-state index in [0.29, 0.717) is 21.2 Å². The SMILES string of the molecule is COc1ccc(C2(c3ccccc3Cl)CCC(F)(F)CC2)cc1F.Oc1ccc(C2(c3ccccc3Cl)CCC(F)(F)CC2)cc1F. The van der Waals surface area contributed by atoms with Crippen molar-refractivity contribution in [3.05, 3.63) is 129 Å². The zero-order chi connectivity index (χ0) is 34.0. The van der Waals surface area contributed by atoms with Crippen LogP contribution < -0.4 is 4.74 Å². The molecular weight excluding hydrogens is 661 g/mol. The second-order valence-corrected chi connectivity index (χ2v) is 13.2. The third kappa shape index (κ3) is 7.24. The molecule has 0 bridgehead atoms. The van der Waals surface area contributed by atoms with Crippen LogP contribution in [0.15, 0.2) is 84.9 Å². The molecule has 0 atom stereocenters. The van der Waals surface area contributed by atoms with Crippen LogP contribution >= 0.6 is 23.2 Å². The lowest BCUT2D eigenvalue weighted by Gasteiger charge is -2.41. The second-order valence-electron chi connectivity index (χ2n) is 12.4. The molecule has 0 radical (unpaired) electrons. The highest BCUT2D eigenvalue weighted by molar-refractivity contribution is 6.31. The predicted molar refractivity (Wildman–Crippen MR) is 172 cm³/mol. The third-order valence-corrected chi connectivity index (χ3v) is 10.3. The molecule has 0 aromatic heterocycles. The molecule has 6 rings (SSSR count). The first-order valence-electron chi connectivity index (χ1n) is 15.3. The molecule has 0 saturated heterocycles. The molecule has 0 unspecified atom stereocenters. The fourth-order valence-electron chi connectivity index (χ4n) is 6.98. The van der Waals surface area contributed by atoms with Crippen LogP contribution in [0.25, 0.3) is 0 Å². The molecule has 4 aromatic rings. The van der Waals surface area contributed by atoms with E-state index >= 15 is 0 Å². The molecule has 2 nitrogen and oxygen atoms in total. The zero-order valence-corrected chi connectivity index (χ0v) is 27.1. The van der Waals surface area contributed by atoms with E-state index in [1.54, 1.807) is 48.5 Å². The summed E-state index contributed by atoms with van der Waals surface area (Å²) in [5, 5.41) is 10.4. The number of halogens is 8. The summed E-state index contributed by atoms with van der Waals surface area (Å²) in [4.78, 5) is 0. The largest absolute Gasteiger partial charge is 0.505 e. The fourth-order valence-corrected chi connectivity index (χ4v) is 7.61. The highest BCUT2D eigenvalue weighted by Gasteiger charge is 2.47. The molecular formula is C37H34Cl2F6O2. The summed E-state index contributed by atoms with van der Waals surface area (Å²) in [6, 6.07) is 23.0. The van der Waals surface area contributed by atoms with Gasteiger partial charge in [0.25, 0.3) is 0 Å². The smallest absolute Gasteiger partial charge is 0.248 e. The lowest BCUT2D eigenvalue weighted by molar-refractivity contribution is -0.0475. The van der Waals surface area contributed by atoms with Gasteiger partial charge in [0, 0.05) is 46.6 Å². The van der Waals surface area contributed by atoms with E-state index in [0.717, 1.165) is 11.1 Å². The van der Waals surface area contributed by atoms with E-state index in [1.165, 1.54) is 31.4 Å². The van der Waals surface area contributed by atoms with Crippen LogP contribution in [0.1, 0.15) is 73.6 Å². The Hall–Kier alpha value is -3.36. The van der Waals surface area contributed by atoms with E-state index in [4.69, 9.17) is 27.9 Å². The minimum absolute atomic E-state index is 0.134. The van der Waals surface area contributed by atoms with Gasteiger partial charge in [0.2, 0.25) is 11.8 Å². The van der Waals surface area contributed by atoms with E-state index in [1.807, 2.05) is 12.1 Å². The van der Waals surface area contributed by atoms with Gasteiger partial charge in [-0.25, -0.2) is 26.3 Å². The Morgan fingerprint density at radius 3 is 1.36 bits per heavy atom. The number of phenolic OH excluding ortho intramolecular Hbond substituents is 1. The summed E-state index contributed by atoms with van der Waals surface area (Å²) in [5.74, 6) is -6.97. The maximum Gasteiger partial charge on any atom is 0.248 e. The van der Waals surface area contributed by atoms with Gasteiger partial charge in [-0.15, -0.1) is 0 Å². The number of rotatable bonds is 5. The molecule has 250 valence electrons. The number of benzene rings is 4. The first-order valence-corrected chi connectivity index (χ1v) is 16.1. The van der Waals surface area contributed by atoms with Crippen LogP contribution in [0.4, 0.5) is 26.3 Å². The normalized spacial score (nSPS) is 19.3. The lowest BCUT2D eigenvalue weighted by Crippen LogP contribution is -2.37. The molecule has 47 heavy (non-hydrogen) atoms. The molecule has 2 aliphatic carbocycles. The molecule has 0 aliphatic heterocycles. The number of hydrogen-bond donors (Lipinski definition) is 1. The van der Waals surface area contributed by atoms with Crippen molar-refractivity contribution in [1.82, 2.24) is 0 Å². The Morgan fingerprint density at radius 2 is 0.979 bits per heavy atom. The Balaban J connectivity index is 0.000000185. The molecule has 1 N–H and O–H groups in total. The van der Waals surface area contributed by atoms with Gasteiger partial charge >= 0.3 is 0 Å². The van der Waals surface area contributed by atoms with E-state index in [-0.39, 0.29) is 57.1 Å². The first kappa shape index (κ1) is 35.0. The van der Waals surface area contributed by atoms with Crippen molar-refractivity contribution in [2.45, 2.75) is 74.0 Å². The average Bonchev–Trinajstić information content (AvgIpc) is 3.04. The Labute approximate surface area is 280 Å². The summed E-state index contributed by atoms with van der Waals surface area (Å²) < 4.78 is 87.9. The number of phenols is 1. The standard InChI is InChI=1S/C19H18ClF3O.C18H16ClF3O/c1-24-17-7-6-13(12-16(17)21)18(8-10-19(22,23)11-9-18)14-4-2-3-5-15(14)20;19-14-4-2-1-3-13(14)17(7-9-18(21,22)10-8-17)12-5-6-16(23)15(20)11-12/h2-7,12H,8-11H2,1H3;1-6,11,23H,7-10H2. The zero-order valence-electron chi connectivity index (χ0n) is 25.6. The molecule has 10 heteroatoms. The lowest BCUT2D eigenvalue weighted by atomic mass is 9.64. The van der Waals surface area contributed by atoms with Crippen LogP contribution in [-0.4, -0.2) is 24.1 Å². The Bertz CT molecular complexity index is 1710. The molecule has 0 heterocycles. The van der Waals surface area contributed by atoms with E-state index in [9.17, 15) is 31.4 Å². The molecule has 2 aliphatic rings. The van der Waals surface area contributed by atoms with Crippen molar-refractivity contribution in [3.63, 3.8) is 0 Å². The van der Waals surface area contributed by atoms with Gasteiger partial charge in [0.15, 0.2) is 23.1 Å². The monoisotopic (exact) mass is 694 g/mol. The summed E-state index contributed by atoms with van der Waals surface area (Å²) in [6.07, 6.45) is -0.258. The highest BCUT2D eigenvalue weighted by Crippen LogP contribution is 2.52. The van der Waals surface area contributed by atoms with Gasteiger partial charge < -0.3 is 9.84 Å². The number of aromatic hydroxyl groups is 1. The number of ether oxygens (including phenoxy) is 1. The van der Waals surface area contributed by atoms with Crippen molar-refractivity contribution in [3.8, 4) is 11.5 Å². The van der Waals surface area contributed by atoms with Gasteiger partial charge in [0.05, 0.1) is 7.11 Å². The van der Waals surface area contributed by atoms with Gasteiger partial charge in [-0.05, 0) is 84.3 Å². The Kier molecular flexibility index (Phi) is 10.1. The van der Waals surface area contributed by atoms with Gasteiger partial charge in [-0.1, -0.05) is 71.7 Å². The quantitative estimate of drug-likeness (QED) is 0.211. The summed E-state index contributed by atoms with van der Waals surface area (Å²) in [7, 11) is 1.39. The van der Waals surface area contributed by atoms with Gasteiger partial charge in [0.1, 0.15) is 0 Å². The molecule has 0 amide bonds. The molecule has 2 saturated carbocycles. The van der Waals surface area contributed by atoms with Crippen molar-refractivity contribution in [2.75, 3.05) is 7.11 Å². The summed E-state index contributed by atoms with van der Waals surface area (Å²) in [5.41, 5.74) is 1.23. The predicted octanol–water partition coefficient (Wildman–Crippen LogP) is 11.7. The minimum Gasteiger partial charge on any atom is -0.505 e. The number of alkyl halides is 4. The first-order chi connectivity index (χ1) is 22.2. The van der Waals surface area contributed by atoms with Crippen LogP contribution in [0.5, 0.6) is 11.5 Å².